The van der Waals surface area contributed by atoms with E-state index >= 15 is 0 Å². The molecule has 2 saturated heterocycles. The van der Waals surface area contributed by atoms with Crippen molar-refractivity contribution < 1.29 is 0 Å². The van der Waals surface area contributed by atoms with Crippen molar-refractivity contribution in [2.45, 2.75) is 64.8 Å². The van der Waals surface area contributed by atoms with Gasteiger partial charge >= 0.3 is 0 Å². The fraction of sp³-hybridized carbons (Fsp3) is 1.00. The minimum atomic E-state index is 0.678. The molecule has 110 valence electrons. The highest BCUT2D eigenvalue weighted by Gasteiger charge is 2.45. The van der Waals surface area contributed by atoms with Crippen molar-refractivity contribution >= 4 is 0 Å². The second-order valence-corrected chi connectivity index (χ2v) is 7.84. The molecule has 3 aliphatic rings. The van der Waals surface area contributed by atoms with E-state index in [2.05, 4.69) is 23.6 Å². The SMILES string of the molecule is CC(C)N1CCCC2(CN(CC3CCCCC3)C2)C1. The molecule has 0 bridgehead atoms. The van der Waals surface area contributed by atoms with Crippen LogP contribution in [-0.2, 0) is 0 Å². The highest BCUT2D eigenvalue weighted by molar-refractivity contribution is 5.00. The topological polar surface area (TPSA) is 6.48 Å². The molecule has 2 heteroatoms. The van der Waals surface area contributed by atoms with Crippen molar-refractivity contribution in [3.8, 4) is 0 Å². The molecule has 0 aromatic carbocycles. The van der Waals surface area contributed by atoms with Gasteiger partial charge < -0.3 is 9.80 Å². The first kappa shape index (κ1) is 13.9. The maximum absolute atomic E-state index is 2.76. The molecule has 0 N–H and O–H groups in total. The molecule has 1 spiro atoms. The van der Waals surface area contributed by atoms with Gasteiger partial charge in [-0.05, 0) is 52.0 Å². The first-order valence-corrected chi connectivity index (χ1v) is 8.63. The van der Waals surface area contributed by atoms with Crippen LogP contribution in [-0.4, -0.2) is 48.6 Å². The maximum atomic E-state index is 2.76. The summed E-state index contributed by atoms with van der Waals surface area (Å²) in [6, 6.07) is 0.740. The van der Waals surface area contributed by atoms with E-state index in [4.69, 9.17) is 0 Å². The molecule has 0 atom stereocenters. The zero-order chi connectivity index (χ0) is 13.3. The zero-order valence-corrected chi connectivity index (χ0v) is 13.0. The normalized spacial score (nSPS) is 29.8. The van der Waals surface area contributed by atoms with Gasteiger partial charge in [0.1, 0.15) is 0 Å². The lowest BCUT2D eigenvalue weighted by atomic mass is 9.72. The first-order valence-electron chi connectivity index (χ1n) is 8.63. The Hall–Kier alpha value is -0.0800. The Morgan fingerprint density at radius 2 is 1.74 bits per heavy atom. The van der Waals surface area contributed by atoms with Crippen LogP contribution in [0.5, 0.6) is 0 Å². The van der Waals surface area contributed by atoms with Gasteiger partial charge in [0, 0.05) is 37.6 Å². The van der Waals surface area contributed by atoms with Crippen molar-refractivity contribution in [3.05, 3.63) is 0 Å². The monoisotopic (exact) mass is 264 g/mol. The van der Waals surface area contributed by atoms with E-state index in [1.807, 2.05) is 0 Å². The summed E-state index contributed by atoms with van der Waals surface area (Å²) in [5, 5.41) is 0. The number of likely N-dealkylation sites (tertiary alicyclic amines) is 2. The largest absolute Gasteiger partial charge is 0.302 e. The van der Waals surface area contributed by atoms with Crippen molar-refractivity contribution in [2.75, 3.05) is 32.7 Å². The van der Waals surface area contributed by atoms with Gasteiger partial charge in [0.05, 0.1) is 0 Å². The van der Waals surface area contributed by atoms with Crippen molar-refractivity contribution in [1.29, 1.82) is 0 Å². The lowest BCUT2D eigenvalue weighted by Crippen LogP contribution is -2.64. The number of hydrogen-bond acceptors (Lipinski definition) is 2. The van der Waals surface area contributed by atoms with E-state index < -0.39 is 0 Å². The lowest BCUT2D eigenvalue weighted by molar-refractivity contribution is -0.0686. The number of hydrogen-bond donors (Lipinski definition) is 0. The second-order valence-electron chi connectivity index (χ2n) is 7.84. The summed E-state index contributed by atoms with van der Waals surface area (Å²) in [6.07, 6.45) is 10.4. The summed E-state index contributed by atoms with van der Waals surface area (Å²) in [5.41, 5.74) is 0.678. The van der Waals surface area contributed by atoms with E-state index in [-0.39, 0.29) is 0 Å². The summed E-state index contributed by atoms with van der Waals surface area (Å²) in [5.74, 6) is 1.02. The minimum Gasteiger partial charge on any atom is -0.302 e. The second kappa shape index (κ2) is 5.73. The average molecular weight is 264 g/mol. The molecule has 2 heterocycles. The molecule has 19 heavy (non-hydrogen) atoms. The first-order chi connectivity index (χ1) is 9.17. The highest BCUT2D eigenvalue weighted by atomic mass is 15.3. The molecule has 2 aliphatic heterocycles. The standard InChI is InChI=1S/C17H32N2/c1-15(2)19-10-6-9-17(14-19)12-18(13-17)11-16-7-4-3-5-8-16/h15-16H,3-14H2,1-2H3. The van der Waals surface area contributed by atoms with Crippen LogP contribution in [0.3, 0.4) is 0 Å². The van der Waals surface area contributed by atoms with Gasteiger partial charge in [-0.25, -0.2) is 0 Å². The Morgan fingerprint density at radius 1 is 1.00 bits per heavy atom. The Bertz CT molecular complexity index is 288. The summed E-state index contributed by atoms with van der Waals surface area (Å²) in [7, 11) is 0. The van der Waals surface area contributed by atoms with E-state index in [1.165, 1.54) is 77.7 Å². The third-order valence-corrected chi connectivity index (χ3v) is 5.78. The lowest BCUT2D eigenvalue weighted by Gasteiger charge is -2.56. The molecule has 1 saturated carbocycles. The Morgan fingerprint density at radius 3 is 2.42 bits per heavy atom. The van der Waals surface area contributed by atoms with Crippen LogP contribution in [0.4, 0.5) is 0 Å². The maximum Gasteiger partial charge on any atom is 0.00854 e. The number of piperidine rings is 1. The Labute approximate surface area is 119 Å². The van der Waals surface area contributed by atoms with Gasteiger partial charge in [0.15, 0.2) is 0 Å². The van der Waals surface area contributed by atoms with Gasteiger partial charge in [-0.15, -0.1) is 0 Å². The van der Waals surface area contributed by atoms with Crippen LogP contribution in [0.2, 0.25) is 0 Å². The predicted molar refractivity (Wildman–Crippen MR) is 81.4 cm³/mol. The molecule has 0 aromatic rings. The summed E-state index contributed by atoms with van der Waals surface area (Å²) >= 11 is 0. The van der Waals surface area contributed by atoms with Crippen molar-refractivity contribution in [1.82, 2.24) is 9.80 Å². The molecule has 2 nitrogen and oxygen atoms in total. The molecular formula is C17H32N2. The number of rotatable bonds is 3. The smallest absolute Gasteiger partial charge is 0.00854 e. The number of nitrogens with zero attached hydrogens (tertiary/aromatic N) is 2. The molecule has 0 radical (unpaired) electrons. The van der Waals surface area contributed by atoms with Crippen LogP contribution in [0.1, 0.15) is 58.8 Å². The molecule has 3 fully saturated rings. The van der Waals surface area contributed by atoms with E-state index in [9.17, 15) is 0 Å². The molecule has 0 aromatic heterocycles. The Kier molecular flexibility index (Phi) is 4.19. The predicted octanol–water partition coefficient (Wildman–Crippen LogP) is 3.37. The van der Waals surface area contributed by atoms with E-state index in [0.717, 1.165) is 12.0 Å². The van der Waals surface area contributed by atoms with Gasteiger partial charge in [0.2, 0.25) is 0 Å². The molecule has 0 amide bonds. The van der Waals surface area contributed by atoms with Crippen LogP contribution in [0.25, 0.3) is 0 Å². The average Bonchev–Trinajstić information content (AvgIpc) is 2.38. The summed E-state index contributed by atoms with van der Waals surface area (Å²) < 4.78 is 0. The van der Waals surface area contributed by atoms with Gasteiger partial charge in [-0.3, -0.25) is 0 Å². The van der Waals surface area contributed by atoms with Crippen LogP contribution in [0.15, 0.2) is 0 Å². The van der Waals surface area contributed by atoms with Gasteiger partial charge in [-0.1, -0.05) is 19.3 Å². The van der Waals surface area contributed by atoms with Crippen LogP contribution < -0.4 is 0 Å². The quantitative estimate of drug-likeness (QED) is 0.771. The van der Waals surface area contributed by atoms with Crippen molar-refractivity contribution in [2.24, 2.45) is 11.3 Å². The van der Waals surface area contributed by atoms with Crippen LogP contribution >= 0.6 is 0 Å². The molecular weight excluding hydrogens is 232 g/mol. The van der Waals surface area contributed by atoms with Crippen molar-refractivity contribution in [3.63, 3.8) is 0 Å². The molecule has 1 aliphatic carbocycles. The fourth-order valence-corrected chi connectivity index (χ4v) is 4.71. The Balaban J connectivity index is 1.45. The van der Waals surface area contributed by atoms with Gasteiger partial charge in [-0.2, -0.15) is 0 Å². The third kappa shape index (κ3) is 3.16. The minimum absolute atomic E-state index is 0.678. The van der Waals surface area contributed by atoms with Crippen LogP contribution in [0, 0.1) is 11.3 Å². The fourth-order valence-electron chi connectivity index (χ4n) is 4.71. The summed E-state index contributed by atoms with van der Waals surface area (Å²) in [6.45, 7) is 11.6. The highest BCUT2D eigenvalue weighted by Crippen LogP contribution is 2.40. The van der Waals surface area contributed by atoms with E-state index in [0.29, 0.717) is 5.41 Å². The molecule has 3 rings (SSSR count). The summed E-state index contributed by atoms with van der Waals surface area (Å²) in [4.78, 5) is 5.47. The zero-order valence-electron chi connectivity index (χ0n) is 13.0. The molecule has 0 unspecified atom stereocenters. The van der Waals surface area contributed by atoms with E-state index in [1.54, 1.807) is 0 Å². The third-order valence-electron chi connectivity index (χ3n) is 5.78. The van der Waals surface area contributed by atoms with Gasteiger partial charge in [0.25, 0.3) is 0 Å².